The van der Waals surface area contributed by atoms with E-state index < -0.39 is 5.91 Å². The molecule has 0 radical (unpaired) electrons. The predicted octanol–water partition coefficient (Wildman–Crippen LogP) is 1.11. The second-order valence-corrected chi connectivity index (χ2v) is 6.36. The molecule has 0 heterocycles. The minimum atomic E-state index is -0.466. The Labute approximate surface area is 131 Å². The Morgan fingerprint density at radius 2 is 1.91 bits per heavy atom. The molecule has 5 nitrogen and oxygen atoms in total. The lowest BCUT2D eigenvalue weighted by atomic mass is 9.78. The Bertz CT molecular complexity index is 527. The molecule has 5 N–H and O–H groups in total. The highest BCUT2D eigenvalue weighted by molar-refractivity contribution is 5.94. The molecule has 1 aromatic rings. The number of primary amides is 1. The lowest BCUT2D eigenvalue weighted by molar-refractivity contribution is -0.688. The Morgan fingerprint density at radius 3 is 2.55 bits per heavy atom. The molecule has 1 saturated carbocycles. The van der Waals surface area contributed by atoms with Crippen LogP contribution in [0.5, 0.6) is 0 Å². The van der Waals surface area contributed by atoms with Gasteiger partial charge in [0.2, 0.25) is 5.91 Å². The smallest absolute Gasteiger partial charge is 0.279 e. The van der Waals surface area contributed by atoms with Crippen molar-refractivity contribution >= 4 is 17.5 Å². The summed E-state index contributed by atoms with van der Waals surface area (Å²) in [7, 11) is 0. The molecule has 22 heavy (non-hydrogen) atoms. The second-order valence-electron chi connectivity index (χ2n) is 6.36. The zero-order chi connectivity index (χ0) is 16.1. The molecule has 1 aliphatic carbocycles. The number of benzene rings is 1. The number of hydrogen-bond acceptors (Lipinski definition) is 2. The monoisotopic (exact) mass is 304 g/mol. The highest BCUT2D eigenvalue weighted by Crippen LogP contribution is 2.27. The van der Waals surface area contributed by atoms with E-state index >= 15 is 0 Å². The highest BCUT2D eigenvalue weighted by Gasteiger charge is 2.29. The van der Waals surface area contributed by atoms with Crippen LogP contribution in [0, 0.1) is 11.8 Å². The molecule has 0 bridgehead atoms. The number of carbonyl (C=O) groups is 2. The largest absolute Gasteiger partial charge is 0.366 e. The van der Waals surface area contributed by atoms with Gasteiger partial charge >= 0.3 is 0 Å². The van der Waals surface area contributed by atoms with Crippen molar-refractivity contribution in [1.29, 1.82) is 0 Å². The number of amides is 2. The molecule has 5 heteroatoms. The maximum Gasteiger partial charge on any atom is 0.279 e. The van der Waals surface area contributed by atoms with E-state index in [0.717, 1.165) is 5.92 Å². The third-order valence-corrected chi connectivity index (χ3v) is 4.83. The Hall–Kier alpha value is -1.88. The van der Waals surface area contributed by atoms with Crippen molar-refractivity contribution in [1.82, 2.24) is 0 Å². The van der Waals surface area contributed by atoms with Crippen LogP contribution >= 0.6 is 0 Å². The maximum atomic E-state index is 12.0. The van der Waals surface area contributed by atoms with Gasteiger partial charge in [0.1, 0.15) is 0 Å². The topological polar surface area (TPSA) is 88.8 Å². The normalized spacial score (nSPS) is 24.7. The third kappa shape index (κ3) is 4.31. The van der Waals surface area contributed by atoms with Crippen LogP contribution in [0.1, 0.15) is 43.5 Å². The number of hydrogen-bond donors (Lipinski definition) is 3. The van der Waals surface area contributed by atoms with Crippen LogP contribution in [-0.4, -0.2) is 24.4 Å². The zero-order valence-electron chi connectivity index (χ0n) is 13.3. The Kier molecular flexibility index (Phi) is 5.55. The first kappa shape index (κ1) is 16.5. The predicted molar refractivity (Wildman–Crippen MR) is 86.3 cm³/mol. The number of rotatable bonds is 5. The molecule has 0 saturated heterocycles. The van der Waals surface area contributed by atoms with Crippen LogP contribution in [-0.2, 0) is 4.79 Å². The van der Waals surface area contributed by atoms with Crippen molar-refractivity contribution in [3.63, 3.8) is 0 Å². The first-order chi connectivity index (χ1) is 10.5. The van der Waals surface area contributed by atoms with Gasteiger partial charge in [0, 0.05) is 17.2 Å². The van der Waals surface area contributed by atoms with E-state index in [1.165, 1.54) is 19.3 Å². The van der Waals surface area contributed by atoms with E-state index in [1.807, 2.05) is 0 Å². The van der Waals surface area contributed by atoms with Gasteiger partial charge in [-0.05, 0) is 49.4 Å². The van der Waals surface area contributed by atoms with Crippen molar-refractivity contribution in [2.45, 2.75) is 39.2 Å². The summed E-state index contributed by atoms with van der Waals surface area (Å²) in [6.07, 6.45) is 3.74. The molecule has 2 rings (SSSR count). The van der Waals surface area contributed by atoms with Crippen molar-refractivity contribution in [3.8, 4) is 0 Å². The van der Waals surface area contributed by atoms with Gasteiger partial charge in [-0.25, -0.2) is 0 Å². The van der Waals surface area contributed by atoms with Crippen LogP contribution in [0.4, 0.5) is 5.69 Å². The molecule has 1 aliphatic rings. The average Bonchev–Trinajstić information content (AvgIpc) is 2.49. The van der Waals surface area contributed by atoms with Crippen LogP contribution in [0.15, 0.2) is 24.3 Å². The number of nitrogens with one attached hydrogen (secondary N) is 1. The zero-order valence-corrected chi connectivity index (χ0v) is 13.3. The van der Waals surface area contributed by atoms with E-state index in [2.05, 4.69) is 24.5 Å². The summed E-state index contributed by atoms with van der Waals surface area (Å²) in [6.45, 7) is 5.01. The minimum absolute atomic E-state index is 0.0164. The van der Waals surface area contributed by atoms with Crippen LogP contribution < -0.4 is 16.4 Å². The molecule has 0 aromatic heterocycles. The van der Waals surface area contributed by atoms with Gasteiger partial charge in [0.25, 0.3) is 5.91 Å². The Morgan fingerprint density at radius 1 is 1.23 bits per heavy atom. The molecule has 0 aliphatic heterocycles. The lowest BCUT2D eigenvalue weighted by Crippen LogP contribution is -2.93. The van der Waals surface area contributed by atoms with E-state index in [9.17, 15) is 9.59 Å². The molecule has 3 atom stereocenters. The summed E-state index contributed by atoms with van der Waals surface area (Å²) >= 11 is 0. The quantitative estimate of drug-likeness (QED) is 0.761. The van der Waals surface area contributed by atoms with E-state index in [0.29, 0.717) is 29.8 Å². The minimum Gasteiger partial charge on any atom is -0.366 e. The van der Waals surface area contributed by atoms with Gasteiger partial charge in [-0.1, -0.05) is 13.8 Å². The molecular formula is C17H26N3O2+. The lowest BCUT2D eigenvalue weighted by Gasteiger charge is -2.31. The molecular weight excluding hydrogens is 278 g/mol. The fraction of sp³-hybridized carbons (Fsp3) is 0.529. The average molecular weight is 304 g/mol. The summed E-state index contributed by atoms with van der Waals surface area (Å²) < 4.78 is 0. The summed E-state index contributed by atoms with van der Waals surface area (Å²) in [4.78, 5) is 23.0. The summed E-state index contributed by atoms with van der Waals surface area (Å²) in [5.41, 5.74) is 6.32. The number of anilines is 1. The van der Waals surface area contributed by atoms with Gasteiger partial charge in [0.15, 0.2) is 6.54 Å². The van der Waals surface area contributed by atoms with Crippen LogP contribution in [0.3, 0.4) is 0 Å². The van der Waals surface area contributed by atoms with Crippen molar-refractivity contribution in [2.75, 3.05) is 11.9 Å². The SMILES string of the molecule is C[C@@H]1[C@H](C)CCC[C@H]1[NH2+]CC(=O)Nc1ccc(C(N)=O)cc1. The van der Waals surface area contributed by atoms with E-state index in [1.54, 1.807) is 24.3 Å². The third-order valence-electron chi connectivity index (χ3n) is 4.83. The van der Waals surface area contributed by atoms with Gasteiger partial charge in [-0.3, -0.25) is 9.59 Å². The number of nitrogens with two attached hydrogens (primary N) is 2. The van der Waals surface area contributed by atoms with Gasteiger partial charge < -0.3 is 16.4 Å². The van der Waals surface area contributed by atoms with Gasteiger partial charge in [-0.15, -0.1) is 0 Å². The number of carbonyl (C=O) groups excluding carboxylic acids is 2. The molecule has 1 aromatic carbocycles. The van der Waals surface area contributed by atoms with Gasteiger partial charge in [0.05, 0.1) is 6.04 Å². The van der Waals surface area contributed by atoms with Gasteiger partial charge in [-0.2, -0.15) is 0 Å². The summed E-state index contributed by atoms with van der Waals surface area (Å²) in [5, 5.41) is 5.01. The van der Waals surface area contributed by atoms with Crippen LogP contribution in [0.2, 0.25) is 0 Å². The Balaban J connectivity index is 1.81. The van der Waals surface area contributed by atoms with E-state index in [-0.39, 0.29) is 5.91 Å². The molecule has 1 fully saturated rings. The molecule has 2 amide bonds. The van der Waals surface area contributed by atoms with Crippen molar-refractivity contribution in [2.24, 2.45) is 17.6 Å². The second kappa shape index (κ2) is 7.40. The van der Waals surface area contributed by atoms with Crippen LogP contribution in [0.25, 0.3) is 0 Å². The van der Waals surface area contributed by atoms with Crippen molar-refractivity contribution in [3.05, 3.63) is 29.8 Å². The first-order valence-electron chi connectivity index (χ1n) is 8.00. The maximum absolute atomic E-state index is 12.0. The fourth-order valence-electron chi connectivity index (χ4n) is 3.14. The highest BCUT2D eigenvalue weighted by atomic mass is 16.2. The summed E-state index contributed by atoms with van der Waals surface area (Å²) in [5.74, 6) is 0.902. The summed E-state index contributed by atoms with van der Waals surface area (Å²) in [6, 6.07) is 7.16. The molecule has 0 spiro atoms. The molecule has 0 unspecified atom stereocenters. The standard InChI is InChI=1S/C17H25N3O2/c1-11-4-3-5-15(12(11)2)19-10-16(21)20-14-8-6-13(7-9-14)17(18)22/h6-9,11-12,15,19H,3-5,10H2,1-2H3,(H2,18,22)(H,20,21)/p+1/t11-,12-,15-/m1/s1. The van der Waals surface area contributed by atoms with Crippen molar-refractivity contribution < 1.29 is 14.9 Å². The number of quaternary nitrogens is 1. The first-order valence-corrected chi connectivity index (χ1v) is 8.00. The fourth-order valence-corrected chi connectivity index (χ4v) is 3.14. The molecule has 120 valence electrons. The van der Waals surface area contributed by atoms with E-state index in [4.69, 9.17) is 5.73 Å².